The van der Waals surface area contributed by atoms with Crippen molar-refractivity contribution in [2.75, 3.05) is 6.54 Å². The minimum atomic E-state index is -0.677. The van der Waals surface area contributed by atoms with Crippen molar-refractivity contribution in [3.63, 3.8) is 0 Å². The summed E-state index contributed by atoms with van der Waals surface area (Å²) in [4.78, 5) is 11.0. The standard InChI is InChI=1S/C9H17NO2/c1-2-10-9(8(11)12)6-4-3-5-7-9/h10H,2-7H2,1H3,(H,11,12). The van der Waals surface area contributed by atoms with Crippen molar-refractivity contribution in [3.05, 3.63) is 0 Å². The molecule has 12 heavy (non-hydrogen) atoms. The lowest BCUT2D eigenvalue weighted by atomic mass is 9.82. The predicted molar refractivity (Wildman–Crippen MR) is 47.1 cm³/mol. The van der Waals surface area contributed by atoms with E-state index >= 15 is 0 Å². The zero-order valence-electron chi connectivity index (χ0n) is 7.60. The Balaban J connectivity index is 2.63. The molecule has 1 aliphatic carbocycles. The lowest BCUT2D eigenvalue weighted by Crippen LogP contribution is -2.53. The molecule has 1 saturated carbocycles. The third kappa shape index (κ3) is 1.78. The van der Waals surface area contributed by atoms with Gasteiger partial charge in [0, 0.05) is 0 Å². The second-order valence-electron chi connectivity index (χ2n) is 3.48. The molecule has 3 nitrogen and oxygen atoms in total. The smallest absolute Gasteiger partial charge is 0.323 e. The second-order valence-corrected chi connectivity index (χ2v) is 3.48. The summed E-state index contributed by atoms with van der Waals surface area (Å²) in [6, 6.07) is 0. The quantitative estimate of drug-likeness (QED) is 0.674. The number of carboxylic acids is 1. The van der Waals surface area contributed by atoms with Gasteiger partial charge in [-0.25, -0.2) is 0 Å². The summed E-state index contributed by atoms with van der Waals surface area (Å²) in [5.74, 6) is -0.677. The molecule has 0 aromatic rings. The molecule has 0 aliphatic heterocycles. The highest BCUT2D eigenvalue weighted by molar-refractivity contribution is 5.78. The van der Waals surface area contributed by atoms with Gasteiger partial charge in [-0.15, -0.1) is 0 Å². The molecule has 0 aromatic heterocycles. The Labute approximate surface area is 73.2 Å². The molecule has 1 aliphatic rings. The number of nitrogens with one attached hydrogen (secondary N) is 1. The van der Waals surface area contributed by atoms with Gasteiger partial charge in [0.2, 0.25) is 0 Å². The molecule has 1 fully saturated rings. The molecule has 0 saturated heterocycles. The van der Waals surface area contributed by atoms with Crippen molar-refractivity contribution in [2.24, 2.45) is 0 Å². The van der Waals surface area contributed by atoms with Crippen LogP contribution in [0.25, 0.3) is 0 Å². The van der Waals surface area contributed by atoms with Crippen molar-refractivity contribution in [1.82, 2.24) is 5.32 Å². The van der Waals surface area contributed by atoms with Crippen molar-refractivity contribution in [3.8, 4) is 0 Å². The van der Waals surface area contributed by atoms with Gasteiger partial charge in [-0.05, 0) is 19.4 Å². The van der Waals surface area contributed by atoms with Gasteiger partial charge in [0.15, 0.2) is 0 Å². The topological polar surface area (TPSA) is 49.3 Å². The van der Waals surface area contributed by atoms with Crippen LogP contribution in [-0.2, 0) is 4.79 Å². The first kappa shape index (κ1) is 9.52. The molecule has 2 N–H and O–H groups in total. The Morgan fingerprint density at radius 1 is 1.42 bits per heavy atom. The van der Waals surface area contributed by atoms with Crippen LogP contribution in [-0.4, -0.2) is 23.2 Å². The summed E-state index contributed by atoms with van der Waals surface area (Å²) in [7, 11) is 0. The van der Waals surface area contributed by atoms with Crippen LogP contribution in [0.2, 0.25) is 0 Å². The number of carboxylic acid groups (broad SMARTS) is 1. The van der Waals surface area contributed by atoms with E-state index in [1.54, 1.807) is 0 Å². The van der Waals surface area contributed by atoms with Crippen LogP contribution in [0.3, 0.4) is 0 Å². The van der Waals surface area contributed by atoms with Crippen LogP contribution in [0.5, 0.6) is 0 Å². The third-order valence-electron chi connectivity index (χ3n) is 2.63. The fourth-order valence-electron chi connectivity index (χ4n) is 1.96. The molecule has 0 bridgehead atoms. The highest BCUT2D eigenvalue weighted by Crippen LogP contribution is 2.28. The number of carbonyl (C=O) groups is 1. The monoisotopic (exact) mass is 171 g/mol. The summed E-state index contributed by atoms with van der Waals surface area (Å²) >= 11 is 0. The van der Waals surface area contributed by atoms with E-state index in [1.807, 2.05) is 6.92 Å². The molecule has 0 radical (unpaired) electrons. The summed E-state index contributed by atoms with van der Waals surface area (Å²) in [5, 5.41) is 12.2. The minimum absolute atomic E-state index is 0.604. The van der Waals surface area contributed by atoms with E-state index in [4.69, 9.17) is 5.11 Å². The lowest BCUT2D eigenvalue weighted by Gasteiger charge is -2.33. The molecule has 0 atom stereocenters. The van der Waals surface area contributed by atoms with E-state index in [1.165, 1.54) is 6.42 Å². The second kappa shape index (κ2) is 3.90. The molecule has 0 heterocycles. The van der Waals surface area contributed by atoms with Crippen LogP contribution in [0.15, 0.2) is 0 Å². The molecule has 70 valence electrons. The maximum Gasteiger partial charge on any atom is 0.323 e. The molecular formula is C9H17NO2. The average Bonchev–Trinajstić information content (AvgIpc) is 2.06. The average molecular weight is 171 g/mol. The van der Waals surface area contributed by atoms with Crippen LogP contribution in [0.4, 0.5) is 0 Å². The van der Waals surface area contributed by atoms with E-state index in [0.717, 1.165) is 32.2 Å². The van der Waals surface area contributed by atoms with Crippen LogP contribution in [0.1, 0.15) is 39.0 Å². The van der Waals surface area contributed by atoms with Gasteiger partial charge in [-0.3, -0.25) is 4.79 Å². The first-order chi connectivity index (χ1) is 5.71. The van der Waals surface area contributed by atoms with E-state index in [2.05, 4.69) is 5.32 Å². The number of rotatable bonds is 3. The van der Waals surface area contributed by atoms with E-state index < -0.39 is 11.5 Å². The molecule has 0 aromatic carbocycles. The van der Waals surface area contributed by atoms with Crippen molar-refractivity contribution < 1.29 is 9.90 Å². The van der Waals surface area contributed by atoms with Gasteiger partial charge in [0.05, 0.1) is 0 Å². The minimum Gasteiger partial charge on any atom is -0.480 e. The summed E-state index contributed by atoms with van der Waals surface area (Å²) in [6.45, 7) is 2.70. The van der Waals surface area contributed by atoms with Crippen LogP contribution >= 0.6 is 0 Å². The van der Waals surface area contributed by atoms with Gasteiger partial charge in [0.25, 0.3) is 0 Å². The van der Waals surface area contributed by atoms with Gasteiger partial charge >= 0.3 is 5.97 Å². The normalized spacial score (nSPS) is 22.1. The zero-order valence-corrected chi connectivity index (χ0v) is 7.60. The fourth-order valence-corrected chi connectivity index (χ4v) is 1.96. The van der Waals surface area contributed by atoms with Crippen molar-refractivity contribution >= 4 is 5.97 Å². The zero-order chi connectivity index (χ0) is 9.03. The molecular weight excluding hydrogens is 154 g/mol. The Hall–Kier alpha value is -0.570. The Bertz CT molecular complexity index is 156. The maximum absolute atomic E-state index is 11.0. The van der Waals surface area contributed by atoms with Gasteiger partial charge in [-0.1, -0.05) is 26.2 Å². The maximum atomic E-state index is 11.0. The molecule has 1 rings (SSSR count). The van der Waals surface area contributed by atoms with Crippen LogP contribution in [0, 0.1) is 0 Å². The number of aliphatic carboxylic acids is 1. The summed E-state index contributed by atoms with van der Waals surface area (Å²) in [5.41, 5.74) is -0.604. The molecule has 3 heteroatoms. The lowest BCUT2D eigenvalue weighted by molar-refractivity contribution is -0.146. The van der Waals surface area contributed by atoms with E-state index in [9.17, 15) is 4.79 Å². The van der Waals surface area contributed by atoms with Gasteiger partial charge < -0.3 is 10.4 Å². The Kier molecular flexibility index (Phi) is 3.09. The highest BCUT2D eigenvalue weighted by Gasteiger charge is 2.38. The number of likely N-dealkylation sites (N-methyl/N-ethyl adjacent to an activating group) is 1. The Morgan fingerprint density at radius 3 is 2.42 bits per heavy atom. The van der Waals surface area contributed by atoms with Gasteiger partial charge in [0.1, 0.15) is 5.54 Å². The first-order valence-corrected chi connectivity index (χ1v) is 4.70. The Morgan fingerprint density at radius 2 is 2.00 bits per heavy atom. The number of hydrogen-bond donors (Lipinski definition) is 2. The molecule has 0 unspecified atom stereocenters. The van der Waals surface area contributed by atoms with Crippen molar-refractivity contribution in [1.29, 1.82) is 0 Å². The summed E-state index contributed by atoms with van der Waals surface area (Å²) < 4.78 is 0. The molecule has 0 amide bonds. The van der Waals surface area contributed by atoms with E-state index in [-0.39, 0.29) is 0 Å². The fraction of sp³-hybridized carbons (Fsp3) is 0.889. The van der Waals surface area contributed by atoms with Crippen LogP contribution < -0.4 is 5.32 Å². The van der Waals surface area contributed by atoms with E-state index in [0.29, 0.717) is 0 Å². The largest absolute Gasteiger partial charge is 0.480 e. The molecule has 0 spiro atoms. The highest BCUT2D eigenvalue weighted by atomic mass is 16.4. The summed E-state index contributed by atoms with van der Waals surface area (Å²) in [6.07, 6.45) is 4.84. The number of hydrogen-bond acceptors (Lipinski definition) is 2. The predicted octanol–water partition coefficient (Wildman–Crippen LogP) is 1.38. The SMILES string of the molecule is CCNC1(C(=O)O)CCCCC1. The first-order valence-electron chi connectivity index (χ1n) is 4.70. The third-order valence-corrected chi connectivity index (χ3v) is 2.63. The van der Waals surface area contributed by atoms with Gasteiger partial charge in [-0.2, -0.15) is 0 Å². The van der Waals surface area contributed by atoms with Crippen molar-refractivity contribution in [2.45, 2.75) is 44.6 Å².